The number of thioether (sulfide) groups is 1. The van der Waals surface area contributed by atoms with Crippen molar-refractivity contribution in [1.29, 1.82) is 0 Å². The summed E-state index contributed by atoms with van der Waals surface area (Å²) < 4.78 is 0. The molecule has 4 aromatic carbocycles. The lowest BCUT2D eigenvalue weighted by atomic mass is 10.1. The lowest BCUT2D eigenvalue weighted by molar-refractivity contribution is -0.116. The predicted molar refractivity (Wildman–Crippen MR) is 181 cm³/mol. The minimum atomic E-state index is -0.570. The van der Waals surface area contributed by atoms with Crippen molar-refractivity contribution in [2.24, 2.45) is 0 Å². The van der Waals surface area contributed by atoms with Crippen LogP contribution in [0.2, 0.25) is 10.0 Å². The van der Waals surface area contributed by atoms with Crippen molar-refractivity contribution in [3.63, 3.8) is 0 Å². The Balaban J connectivity index is 1.30. The zero-order valence-electron chi connectivity index (χ0n) is 23.0. The van der Waals surface area contributed by atoms with E-state index in [9.17, 15) is 14.4 Å². The second-order valence-electron chi connectivity index (χ2n) is 9.44. The zero-order valence-corrected chi connectivity index (χ0v) is 26.1. The van der Waals surface area contributed by atoms with Gasteiger partial charge in [0.2, 0.25) is 5.91 Å². The number of benzene rings is 4. The molecule has 0 aliphatic rings. The molecule has 0 saturated carbocycles. The Hall–Kier alpha value is -4.34. The fourth-order valence-electron chi connectivity index (χ4n) is 4.10. The Morgan fingerprint density at radius 3 is 2.09 bits per heavy atom. The van der Waals surface area contributed by atoms with E-state index in [1.807, 2.05) is 65.4 Å². The molecule has 5 rings (SSSR count). The van der Waals surface area contributed by atoms with Crippen molar-refractivity contribution < 1.29 is 14.4 Å². The van der Waals surface area contributed by atoms with E-state index in [4.69, 9.17) is 23.2 Å². The Bertz CT molecular complexity index is 1780. The van der Waals surface area contributed by atoms with Crippen molar-refractivity contribution in [2.45, 2.75) is 10.1 Å². The molecule has 3 amide bonds. The summed E-state index contributed by atoms with van der Waals surface area (Å²) in [5, 5.41) is 12.5. The Labute approximate surface area is 273 Å². The van der Waals surface area contributed by atoms with Crippen LogP contribution in [0.25, 0.3) is 6.08 Å². The van der Waals surface area contributed by atoms with Gasteiger partial charge in [-0.1, -0.05) is 71.7 Å². The average molecular weight is 659 g/mol. The van der Waals surface area contributed by atoms with E-state index in [1.165, 1.54) is 23.1 Å². The molecule has 0 bridgehead atoms. The minimum Gasteiger partial charge on any atom is -0.325 e. The highest BCUT2D eigenvalue weighted by Gasteiger charge is 2.23. The maximum absolute atomic E-state index is 13.4. The smallest absolute Gasteiger partial charge is 0.272 e. The van der Waals surface area contributed by atoms with Crippen LogP contribution in [0.5, 0.6) is 0 Å². The molecule has 1 aromatic heterocycles. The highest BCUT2D eigenvalue weighted by atomic mass is 35.5. The molecule has 0 fully saturated rings. The number of rotatable bonds is 10. The van der Waals surface area contributed by atoms with E-state index in [1.54, 1.807) is 60.7 Å². The van der Waals surface area contributed by atoms with Crippen LogP contribution in [0.3, 0.4) is 0 Å². The second-order valence-corrected chi connectivity index (χ2v) is 12.2. The summed E-state index contributed by atoms with van der Waals surface area (Å²) in [7, 11) is 0. The number of halogens is 2. The Morgan fingerprint density at radius 2 is 1.43 bits per heavy atom. The lowest BCUT2D eigenvalue weighted by Crippen LogP contribution is -2.30. The molecule has 6 nitrogen and oxygen atoms in total. The number of nitrogens with one attached hydrogen (secondary N) is 3. The molecule has 5 aromatic rings. The van der Waals surface area contributed by atoms with E-state index in [0.29, 0.717) is 27.0 Å². The molecule has 0 saturated heterocycles. The number of hydrogen-bond acceptors (Lipinski definition) is 5. The Morgan fingerprint density at radius 1 is 0.750 bits per heavy atom. The molecule has 1 atom stereocenters. The van der Waals surface area contributed by atoms with Gasteiger partial charge >= 0.3 is 0 Å². The summed E-state index contributed by atoms with van der Waals surface area (Å²) in [5.74, 6) is -1.08. The van der Waals surface area contributed by atoms with Crippen LogP contribution in [-0.4, -0.2) is 17.7 Å². The molecular formula is C34H25Cl2N3O3S2. The average Bonchev–Trinajstić information content (AvgIpc) is 3.56. The van der Waals surface area contributed by atoms with Gasteiger partial charge in [-0.2, -0.15) is 11.3 Å². The number of carbonyl (C=O) groups is 3. The van der Waals surface area contributed by atoms with Crippen molar-refractivity contribution in [2.75, 3.05) is 10.6 Å². The first kappa shape index (κ1) is 31.1. The molecule has 10 heteroatoms. The van der Waals surface area contributed by atoms with Gasteiger partial charge in [-0.05, 0) is 88.6 Å². The summed E-state index contributed by atoms with van der Waals surface area (Å²) in [6.07, 6.45) is 1.63. The van der Waals surface area contributed by atoms with Gasteiger partial charge in [-0.3, -0.25) is 14.4 Å². The predicted octanol–water partition coefficient (Wildman–Crippen LogP) is 8.94. The third kappa shape index (κ3) is 8.39. The number of anilines is 2. The third-order valence-corrected chi connectivity index (χ3v) is 8.98. The van der Waals surface area contributed by atoms with E-state index in [-0.39, 0.29) is 17.5 Å². The van der Waals surface area contributed by atoms with E-state index in [0.717, 1.165) is 16.0 Å². The number of hydrogen-bond donors (Lipinski definition) is 3. The van der Waals surface area contributed by atoms with Crippen molar-refractivity contribution >= 4 is 81.5 Å². The van der Waals surface area contributed by atoms with E-state index >= 15 is 0 Å². The summed E-state index contributed by atoms with van der Waals surface area (Å²) in [5.41, 5.74) is 3.24. The van der Waals surface area contributed by atoms with Gasteiger partial charge in [0.25, 0.3) is 11.8 Å². The lowest BCUT2D eigenvalue weighted by Gasteiger charge is -2.18. The maximum Gasteiger partial charge on any atom is 0.272 e. The van der Waals surface area contributed by atoms with Gasteiger partial charge in [0.05, 0.1) is 10.0 Å². The van der Waals surface area contributed by atoms with Gasteiger partial charge in [0.15, 0.2) is 0 Å². The standard InChI is InChI=1S/C34H25Cl2N3O3S2/c35-28-16-13-26(20-29(28)36)38-34(42)31(23-7-3-1-4-8-23)44-27-14-11-25(12-15-27)37-33(41)30(19-22-17-18-43-21-22)39-32(40)24-9-5-2-6-10-24/h1-21,31H,(H,37,41)(H,38,42)(H,39,40)/b30-19-. The number of thiophene rings is 1. The molecule has 0 aliphatic carbocycles. The summed E-state index contributed by atoms with van der Waals surface area (Å²) in [6.45, 7) is 0. The topological polar surface area (TPSA) is 87.3 Å². The second kappa shape index (κ2) is 14.9. The normalized spacial score (nSPS) is 11.8. The van der Waals surface area contributed by atoms with Crippen molar-refractivity contribution in [3.05, 3.63) is 152 Å². The first-order valence-electron chi connectivity index (χ1n) is 13.3. The Kier molecular flexibility index (Phi) is 10.5. The van der Waals surface area contributed by atoms with Crippen LogP contribution >= 0.6 is 46.3 Å². The van der Waals surface area contributed by atoms with Crippen molar-refractivity contribution in [1.82, 2.24) is 5.32 Å². The minimum absolute atomic E-state index is 0.110. The van der Waals surface area contributed by atoms with Crippen LogP contribution in [0.15, 0.2) is 131 Å². The van der Waals surface area contributed by atoms with Crippen LogP contribution < -0.4 is 16.0 Å². The third-order valence-electron chi connectivity index (χ3n) is 6.28. The fraction of sp³-hybridized carbons (Fsp3) is 0.0294. The monoisotopic (exact) mass is 657 g/mol. The van der Waals surface area contributed by atoms with Gasteiger partial charge in [0, 0.05) is 21.8 Å². The van der Waals surface area contributed by atoms with Gasteiger partial charge < -0.3 is 16.0 Å². The quantitative estimate of drug-likeness (QED) is 0.103. The van der Waals surface area contributed by atoms with Gasteiger partial charge in [0.1, 0.15) is 10.9 Å². The molecule has 3 N–H and O–H groups in total. The van der Waals surface area contributed by atoms with Crippen LogP contribution in [0.1, 0.15) is 26.7 Å². The largest absolute Gasteiger partial charge is 0.325 e. The van der Waals surface area contributed by atoms with Gasteiger partial charge in [-0.25, -0.2) is 0 Å². The van der Waals surface area contributed by atoms with Crippen LogP contribution in [0.4, 0.5) is 11.4 Å². The molecule has 0 radical (unpaired) electrons. The van der Waals surface area contributed by atoms with Crippen molar-refractivity contribution in [3.8, 4) is 0 Å². The number of carbonyl (C=O) groups excluding carboxylic acids is 3. The van der Waals surface area contributed by atoms with E-state index < -0.39 is 11.2 Å². The number of amides is 3. The first-order chi connectivity index (χ1) is 21.4. The molecule has 0 aliphatic heterocycles. The molecule has 0 spiro atoms. The summed E-state index contributed by atoms with van der Waals surface area (Å²) >= 11 is 15.0. The highest BCUT2D eigenvalue weighted by Crippen LogP contribution is 2.37. The summed E-state index contributed by atoms with van der Waals surface area (Å²) in [4.78, 5) is 40.4. The zero-order chi connectivity index (χ0) is 30.9. The first-order valence-corrected chi connectivity index (χ1v) is 15.9. The molecule has 1 unspecified atom stereocenters. The molecule has 44 heavy (non-hydrogen) atoms. The summed E-state index contributed by atoms with van der Waals surface area (Å²) in [6, 6.07) is 32.1. The van der Waals surface area contributed by atoms with Crippen LogP contribution in [0, 0.1) is 0 Å². The fourth-order valence-corrected chi connectivity index (χ4v) is 6.04. The maximum atomic E-state index is 13.4. The molecule has 1 heterocycles. The highest BCUT2D eigenvalue weighted by molar-refractivity contribution is 8.00. The SMILES string of the molecule is O=C(Nc1ccc(SC(C(=O)Nc2ccc(Cl)c(Cl)c2)c2ccccc2)cc1)/C(=C/c1ccsc1)NC(=O)c1ccccc1. The van der Waals surface area contributed by atoms with Crippen LogP contribution in [-0.2, 0) is 9.59 Å². The molecule has 220 valence electrons. The van der Waals surface area contributed by atoms with Gasteiger partial charge in [-0.15, -0.1) is 11.8 Å². The molecular weight excluding hydrogens is 633 g/mol. The van der Waals surface area contributed by atoms with E-state index in [2.05, 4.69) is 16.0 Å².